The van der Waals surface area contributed by atoms with Gasteiger partial charge in [-0.2, -0.15) is 5.26 Å². The first-order valence-electron chi connectivity index (χ1n) is 7.37. The van der Waals surface area contributed by atoms with Crippen molar-refractivity contribution in [3.8, 4) is 11.8 Å². The van der Waals surface area contributed by atoms with E-state index in [1.165, 1.54) is 26.2 Å². The first-order valence-corrected chi connectivity index (χ1v) is 7.37. The third-order valence-corrected chi connectivity index (χ3v) is 4.13. The van der Waals surface area contributed by atoms with Gasteiger partial charge in [-0.05, 0) is 56.7 Å². The zero-order valence-electron chi connectivity index (χ0n) is 12.2. The van der Waals surface area contributed by atoms with Gasteiger partial charge < -0.3 is 4.74 Å². The molecule has 0 saturated heterocycles. The third-order valence-electron chi connectivity index (χ3n) is 4.13. The number of nitriles is 1. The van der Waals surface area contributed by atoms with Crippen LogP contribution in [-0.2, 0) is 0 Å². The van der Waals surface area contributed by atoms with Crippen molar-refractivity contribution in [2.45, 2.75) is 52.1 Å². The van der Waals surface area contributed by atoms with Gasteiger partial charge in [0.1, 0.15) is 11.9 Å². The van der Waals surface area contributed by atoms with Crippen LogP contribution >= 0.6 is 0 Å². The molecule has 0 aliphatic heterocycles. The van der Waals surface area contributed by atoms with E-state index in [1.807, 2.05) is 0 Å². The molecule has 0 heterocycles. The highest BCUT2D eigenvalue weighted by molar-refractivity contribution is 5.97. The van der Waals surface area contributed by atoms with Gasteiger partial charge in [0.25, 0.3) is 0 Å². The maximum atomic E-state index is 11.7. The highest BCUT2D eigenvalue weighted by atomic mass is 16.5. The average Bonchev–Trinajstić information content (AvgIpc) is 2.47. The number of Topliss-reactive ketones (excluding diaryl/α,β-unsaturated/α-hetero) is 1. The summed E-state index contributed by atoms with van der Waals surface area (Å²) in [6.45, 7) is 3.72. The van der Waals surface area contributed by atoms with Crippen molar-refractivity contribution >= 4 is 5.78 Å². The molecule has 2 rings (SSSR count). The lowest BCUT2D eigenvalue weighted by Gasteiger charge is -2.31. The average molecular weight is 271 g/mol. The highest BCUT2D eigenvalue weighted by Gasteiger charge is 2.26. The summed E-state index contributed by atoms with van der Waals surface area (Å²) >= 11 is 0. The highest BCUT2D eigenvalue weighted by Crippen LogP contribution is 2.32. The van der Waals surface area contributed by atoms with Crippen LogP contribution in [0, 0.1) is 17.2 Å². The largest absolute Gasteiger partial charge is 0.489 e. The predicted molar refractivity (Wildman–Crippen MR) is 77.8 cm³/mol. The number of carbonyl (C=O) groups is 1. The van der Waals surface area contributed by atoms with Crippen LogP contribution in [0.25, 0.3) is 0 Å². The number of ketones is 1. The summed E-state index contributed by atoms with van der Waals surface area (Å²) in [6, 6.07) is 7.16. The Morgan fingerprint density at radius 1 is 1.40 bits per heavy atom. The molecule has 0 spiro atoms. The van der Waals surface area contributed by atoms with E-state index in [-0.39, 0.29) is 11.9 Å². The Labute approximate surface area is 120 Å². The van der Waals surface area contributed by atoms with Crippen molar-refractivity contribution in [3.63, 3.8) is 0 Å². The van der Waals surface area contributed by atoms with Crippen LogP contribution in [0.2, 0.25) is 0 Å². The van der Waals surface area contributed by atoms with Gasteiger partial charge in [0.2, 0.25) is 0 Å². The third kappa shape index (κ3) is 3.19. The summed E-state index contributed by atoms with van der Waals surface area (Å²) in [4.78, 5) is 11.7. The van der Waals surface area contributed by atoms with Crippen molar-refractivity contribution in [1.82, 2.24) is 0 Å². The van der Waals surface area contributed by atoms with Crippen molar-refractivity contribution in [2.24, 2.45) is 5.92 Å². The first kappa shape index (κ1) is 14.6. The quantitative estimate of drug-likeness (QED) is 0.774. The minimum absolute atomic E-state index is 0.0200. The zero-order valence-corrected chi connectivity index (χ0v) is 12.2. The van der Waals surface area contributed by atoms with Gasteiger partial charge in [-0.25, -0.2) is 0 Å². The minimum atomic E-state index is -0.0200. The monoisotopic (exact) mass is 271 g/mol. The van der Waals surface area contributed by atoms with Crippen molar-refractivity contribution in [1.29, 1.82) is 5.26 Å². The maximum absolute atomic E-state index is 11.7. The van der Waals surface area contributed by atoms with Crippen LogP contribution in [0.3, 0.4) is 0 Å². The number of nitrogens with zero attached hydrogens (tertiary/aromatic N) is 1. The molecule has 1 aliphatic carbocycles. The maximum Gasteiger partial charge on any atom is 0.163 e. The van der Waals surface area contributed by atoms with Gasteiger partial charge in [-0.3, -0.25) is 4.79 Å². The van der Waals surface area contributed by atoms with Gasteiger partial charge in [0.05, 0.1) is 17.2 Å². The summed E-state index contributed by atoms with van der Waals surface area (Å²) in [5.41, 5.74) is 1.11. The molecule has 0 amide bonds. The van der Waals surface area contributed by atoms with Gasteiger partial charge in [0.15, 0.2) is 5.78 Å². The molecule has 20 heavy (non-hydrogen) atoms. The summed E-state index contributed by atoms with van der Waals surface area (Å²) in [7, 11) is 0. The van der Waals surface area contributed by atoms with Crippen LogP contribution in [0.15, 0.2) is 18.2 Å². The molecule has 1 aromatic rings. The lowest BCUT2D eigenvalue weighted by Crippen LogP contribution is -2.30. The fraction of sp³-hybridized carbons (Fsp3) is 0.529. The molecule has 1 fully saturated rings. The molecular formula is C17H21NO2. The lowest BCUT2D eigenvalue weighted by atomic mass is 9.84. The second-order valence-corrected chi connectivity index (χ2v) is 5.49. The van der Waals surface area contributed by atoms with E-state index in [1.54, 1.807) is 18.2 Å². The number of ether oxygens (including phenoxy) is 1. The zero-order chi connectivity index (χ0) is 14.5. The molecule has 2 unspecified atom stereocenters. The van der Waals surface area contributed by atoms with Gasteiger partial charge in [-0.15, -0.1) is 0 Å². The molecule has 1 aliphatic rings. The molecular weight excluding hydrogens is 250 g/mol. The Kier molecular flexibility index (Phi) is 4.79. The predicted octanol–water partition coefficient (Wildman–Crippen LogP) is 4.11. The van der Waals surface area contributed by atoms with Crippen molar-refractivity contribution in [2.75, 3.05) is 0 Å². The Bertz CT molecular complexity index is 530. The summed E-state index contributed by atoms with van der Waals surface area (Å²) < 4.78 is 6.12. The van der Waals surface area contributed by atoms with E-state index in [0.717, 1.165) is 12.8 Å². The Hall–Kier alpha value is -1.82. The molecule has 0 bridgehead atoms. The molecule has 0 aromatic heterocycles. The molecule has 1 aromatic carbocycles. The fourth-order valence-electron chi connectivity index (χ4n) is 2.94. The molecule has 3 heteroatoms. The van der Waals surface area contributed by atoms with E-state index in [2.05, 4.69) is 13.0 Å². The number of hydrogen-bond acceptors (Lipinski definition) is 3. The molecule has 0 N–H and O–H groups in total. The van der Waals surface area contributed by atoms with Gasteiger partial charge in [0, 0.05) is 0 Å². The number of hydrogen-bond donors (Lipinski definition) is 0. The normalized spacial score (nSPS) is 22.1. The second-order valence-electron chi connectivity index (χ2n) is 5.49. The standard InChI is InChI=1S/C17H21NO2/c1-3-14-6-4-5-7-16(14)20-17-10-13(11-18)8-9-15(17)12(2)19/h8-10,14,16H,3-7H2,1-2H3. The van der Waals surface area contributed by atoms with Crippen molar-refractivity contribution in [3.05, 3.63) is 29.3 Å². The second kappa shape index (κ2) is 6.56. The van der Waals surface area contributed by atoms with Crippen LogP contribution in [-0.4, -0.2) is 11.9 Å². The van der Waals surface area contributed by atoms with E-state index in [0.29, 0.717) is 22.8 Å². The van der Waals surface area contributed by atoms with E-state index in [9.17, 15) is 4.79 Å². The van der Waals surface area contributed by atoms with E-state index < -0.39 is 0 Å². The van der Waals surface area contributed by atoms with Gasteiger partial charge in [-0.1, -0.05) is 13.3 Å². The van der Waals surface area contributed by atoms with E-state index >= 15 is 0 Å². The fourth-order valence-corrected chi connectivity index (χ4v) is 2.94. The Balaban J connectivity index is 2.26. The number of rotatable bonds is 4. The van der Waals surface area contributed by atoms with Crippen LogP contribution in [0.4, 0.5) is 0 Å². The molecule has 2 atom stereocenters. The summed E-state index contributed by atoms with van der Waals surface area (Å²) in [5, 5.41) is 9.01. The summed E-state index contributed by atoms with van der Waals surface area (Å²) in [5.74, 6) is 1.10. The molecule has 106 valence electrons. The Morgan fingerprint density at radius 2 is 2.15 bits per heavy atom. The Morgan fingerprint density at radius 3 is 2.80 bits per heavy atom. The lowest BCUT2D eigenvalue weighted by molar-refractivity contribution is 0.0866. The van der Waals surface area contributed by atoms with Gasteiger partial charge >= 0.3 is 0 Å². The molecule has 3 nitrogen and oxygen atoms in total. The minimum Gasteiger partial charge on any atom is -0.489 e. The first-order chi connectivity index (χ1) is 9.65. The van der Waals surface area contributed by atoms with Crippen LogP contribution < -0.4 is 4.74 Å². The van der Waals surface area contributed by atoms with Crippen LogP contribution in [0.1, 0.15) is 61.9 Å². The molecule has 1 saturated carbocycles. The summed E-state index contributed by atoms with van der Waals surface area (Å²) in [6.07, 6.45) is 5.92. The SMILES string of the molecule is CCC1CCCCC1Oc1cc(C#N)ccc1C(C)=O. The van der Waals surface area contributed by atoms with Crippen LogP contribution in [0.5, 0.6) is 5.75 Å². The molecule has 0 radical (unpaired) electrons. The topological polar surface area (TPSA) is 50.1 Å². The van der Waals surface area contributed by atoms with Crippen molar-refractivity contribution < 1.29 is 9.53 Å². The smallest absolute Gasteiger partial charge is 0.163 e. The van der Waals surface area contributed by atoms with E-state index in [4.69, 9.17) is 10.00 Å². The number of benzene rings is 1. The number of carbonyl (C=O) groups excluding carboxylic acids is 1.